The van der Waals surface area contributed by atoms with Crippen molar-refractivity contribution in [2.24, 2.45) is 0 Å². The van der Waals surface area contributed by atoms with Crippen molar-refractivity contribution in [2.45, 2.75) is 23.7 Å². The Kier molecular flexibility index (Phi) is 4.04. The van der Waals surface area contributed by atoms with Crippen molar-refractivity contribution < 1.29 is 9.63 Å². The first-order valence-corrected chi connectivity index (χ1v) is 6.40. The molecule has 0 aliphatic rings. The number of thioether (sulfide) groups is 1. The predicted molar refractivity (Wildman–Crippen MR) is 65.9 cm³/mol. The van der Waals surface area contributed by atoms with Crippen LogP contribution in [-0.2, 0) is 5.75 Å². The molecule has 1 N–H and O–H groups in total. The Labute approximate surface area is 108 Å². The largest absolute Gasteiger partial charge is 0.384 e. The van der Waals surface area contributed by atoms with Gasteiger partial charge in [-0.25, -0.2) is 0 Å². The molecule has 90 valence electrons. The lowest BCUT2D eigenvalue weighted by Crippen LogP contribution is -1.91. The van der Waals surface area contributed by atoms with Crippen LogP contribution in [0.2, 0.25) is 5.02 Å². The summed E-state index contributed by atoms with van der Waals surface area (Å²) >= 11 is 7.37. The maximum atomic E-state index is 9.24. The second kappa shape index (κ2) is 5.53. The van der Waals surface area contributed by atoms with E-state index in [4.69, 9.17) is 16.1 Å². The molecule has 17 heavy (non-hydrogen) atoms. The minimum atomic E-state index is -0.725. The summed E-state index contributed by atoms with van der Waals surface area (Å²) in [7, 11) is 0. The SMILES string of the molecule is CC(O)c1nc(CSc2ccc(Cl)cc2)no1. The summed E-state index contributed by atoms with van der Waals surface area (Å²) in [6.45, 7) is 1.59. The van der Waals surface area contributed by atoms with Crippen LogP contribution in [0.5, 0.6) is 0 Å². The zero-order valence-electron chi connectivity index (χ0n) is 9.13. The van der Waals surface area contributed by atoms with Gasteiger partial charge >= 0.3 is 0 Å². The normalized spacial score (nSPS) is 12.6. The molecule has 1 unspecified atom stereocenters. The lowest BCUT2D eigenvalue weighted by atomic mass is 10.4. The number of hydrogen-bond donors (Lipinski definition) is 1. The maximum absolute atomic E-state index is 9.24. The third kappa shape index (κ3) is 3.46. The van der Waals surface area contributed by atoms with E-state index in [1.165, 1.54) is 0 Å². The Morgan fingerprint density at radius 1 is 1.41 bits per heavy atom. The lowest BCUT2D eigenvalue weighted by molar-refractivity contribution is 0.151. The average Bonchev–Trinajstić information content (AvgIpc) is 2.77. The van der Waals surface area contributed by atoms with E-state index < -0.39 is 6.10 Å². The van der Waals surface area contributed by atoms with Crippen LogP contribution in [0, 0.1) is 0 Å². The topological polar surface area (TPSA) is 59.2 Å². The van der Waals surface area contributed by atoms with Gasteiger partial charge < -0.3 is 9.63 Å². The van der Waals surface area contributed by atoms with Crippen LogP contribution in [0.25, 0.3) is 0 Å². The van der Waals surface area contributed by atoms with E-state index in [9.17, 15) is 5.11 Å². The summed E-state index contributed by atoms with van der Waals surface area (Å²) in [6, 6.07) is 7.54. The van der Waals surface area contributed by atoms with E-state index in [0.717, 1.165) is 4.90 Å². The number of nitrogens with zero attached hydrogens (tertiary/aromatic N) is 2. The summed E-state index contributed by atoms with van der Waals surface area (Å²) < 4.78 is 4.89. The minimum absolute atomic E-state index is 0.247. The summed E-state index contributed by atoms with van der Waals surface area (Å²) in [4.78, 5) is 5.15. The fraction of sp³-hybridized carbons (Fsp3) is 0.273. The maximum Gasteiger partial charge on any atom is 0.255 e. The summed E-state index contributed by atoms with van der Waals surface area (Å²) in [5.41, 5.74) is 0. The predicted octanol–water partition coefficient (Wildman–Crippen LogP) is 3.07. The average molecular weight is 271 g/mol. The molecule has 0 spiro atoms. The van der Waals surface area contributed by atoms with Gasteiger partial charge in [-0.05, 0) is 31.2 Å². The quantitative estimate of drug-likeness (QED) is 0.865. The zero-order valence-corrected chi connectivity index (χ0v) is 10.7. The number of halogens is 1. The standard InChI is InChI=1S/C11H11ClN2O2S/c1-7(15)11-13-10(14-16-11)6-17-9-4-2-8(12)3-5-9/h2-5,7,15H,6H2,1H3. The van der Waals surface area contributed by atoms with Gasteiger partial charge in [-0.3, -0.25) is 0 Å². The van der Waals surface area contributed by atoms with Crippen LogP contribution in [0.1, 0.15) is 24.7 Å². The molecule has 2 rings (SSSR count). The molecule has 0 bridgehead atoms. The monoisotopic (exact) mass is 270 g/mol. The molecule has 0 aliphatic carbocycles. The van der Waals surface area contributed by atoms with Crippen molar-refractivity contribution in [2.75, 3.05) is 0 Å². The molecule has 0 radical (unpaired) electrons. The fourth-order valence-corrected chi connectivity index (χ4v) is 2.04. The van der Waals surface area contributed by atoms with E-state index in [2.05, 4.69) is 10.1 Å². The van der Waals surface area contributed by atoms with Crippen molar-refractivity contribution in [1.29, 1.82) is 0 Å². The molecule has 1 aromatic heterocycles. The highest BCUT2D eigenvalue weighted by molar-refractivity contribution is 7.98. The molecule has 1 heterocycles. The molecule has 0 amide bonds. The molecule has 6 heteroatoms. The van der Waals surface area contributed by atoms with Gasteiger partial charge in [-0.2, -0.15) is 4.98 Å². The first-order chi connectivity index (χ1) is 8.15. The molecule has 0 fully saturated rings. The Morgan fingerprint density at radius 3 is 2.71 bits per heavy atom. The molecular formula is C11H11ClN2O2S. The molecule has 4 nitrogen and oxygen atoms in total. The summed E-state index contributed by atoms with van der Waals surface area (Å²) in [5, 5.41) is 13.7. The van der Waals surface area contributed by atoms with Crippen molar-refractivity contribution in [3.05, 3.63) is 41.0 Å². The molecule has 0 saturated heterocycles. The van der Waals surface area contributed by atoms with E-state index in [1.807, 2.05) is 24.3 Å². The van der Waals surface area contributed by atoms with E-state index in [0.29, 0.717) is 16.6 Å². The van der Waals surface area contributed by atoms with E-state index in [1.54, 1.807) is 18.7 Å². The van der Waals surface area contributed by atoms with Crippen LogP contribution in [0.15, 0.2) is 33.7 Å². The second-order valence-electron chi connectivity index (χ2n) is 3.47. The molecule has 2 aromatic rings. The first-order valence-electron chi connectivity index (χ1n) is 5.04. The fourth-order valence-electron chi connectivity index (χ4n) is 1.17. The third-order valence-corrected chi connectivity index (χ3v) is 3.28. The second-order valence-corrected chi connectivity index (χ2v) is 4.95. The molecular weight excluding hydrogens is 260 g/mol. The number of benzene rings is 1. The van der Waals surface area contributed by atoms with Crippen molar-refractivity contribution in [3.8, 4) is 0 Å². The molecule has 0 aliphatic heterocycles. The Balaban J connectivity index is 1.95. The van der Waals surface area contributed by atoms with Gasteiger partial charge in [0.05, 0.1) is 5.75 Å². The summed E-state index contributed by atoms with van der Waals surface area (Å²) in [6.07, 6.45) is -0.725. The smallest absolute Gasteiger partial charge is 0.255 e. The lowest BCUT2D eigenvalue weighted by Gasteiger charge is -1.97. The molecule has 0 saturated carbocycles. The highest BCUT2D eigenvalue weighted by Gasteiger charge is 2.11. The van der Waals surface area contributed by atoms with Crippen LogP contribution < -0.4 is 0 Å². The van der Waals surface area contributed by atoms with Gasteiger partial charge in [0.15, 0.2) is 5.82 Å². The molecule has 1 aromatic carbocycles. The van der Waals surface area contributed by atoms with Crippen LogP contribution >= 0.6 is 23.4 Å². The van der Waals surface area contributed by atoms with Crippen LogP contribution in [0.4, 0.5) is 0 Å². The Hall–Kier alpha value is -1.04. The zero-order chi connectivity index (χ0) is 12.3. The van der Waals surface area contributed by atoms with Crippen LogP contribution in [-0.4, -0.2) is 15.2 Å². The number of aliphatic hydroxyl groups excluding tert-OH is 1. The number of aromatic nitrogens is 2. The molecule has 1 atom stereocenters. The minimum Gasteiger partial charge on any atom is -0.384 e. The number of rotatable bonds is 4. The number of aliphatic hydroxyl groups is 1. The van der Waals surface area contributed by atoms with Crippen molar-refractivity contribution in [3.63, 3.8) is 0 Å². The third-order valence-electron chi connectivity index (χ3n) is 2.02. The first kappa shape index (κ1) is 12.4. The van der Waals surface area contributed by atoms with Gasteiger partial charge in [0.1, 0.15) is 6.10 Å². The van der Waals surface area contributed by atoms with Gasteiger partial charge in [-0.15, -0.1) is 11.8 Å². The van der Waals surface area contributed by atoms with Gasteiger partial charge in [0.2, 0.25) is 0 Å². The highest BCUT2D eigenvalue weighted by Crippen LogP contribution is 2.23. The van der Waals surface area contributed by atoms with Crippen molar-refractivity contribution in [1.82, 2.24) is 10.1 Å². The summed E-state index contributed by atoms with van der Waals surface area (Å²) in [5.74, 6) is 1.41. The van der Waals surface area contributed by atoms with Crippen LogP contribution in [0.3, 0.4) is 0 Å². The highest BCUT2D eigenvalue weighted by atomic mass is 35.5. The van der Waals surface area contributed by atoms with Gasteiger partial charge in [0.25, 0.3) is 5.89 Å². The van der Waals surface area contributed by atoms with Gasteiger partial charge in [-0.1, -0.05) is 16.8 Å². The number of hydrogen-bond acceptors (Lipinski definition) is 5. The van der Waals surface area contributed by atoms with Gasteiger partial charge in [0, 0.05) is 9.92 Å². The van der Waals surface area contributed by atoms with E-state index in [-0.39, 0.29) is 5.89 Å². The van der Waals surface area contributed by atoms with Crippen molar-refractivity contribution >= 4 is 23.4 Å². The van der Waals surface area contributed by atoms with E-state index >= 15 is 0 Å². The Bertz CT molecular complexity index is 484. The Morgan fingerprint density at radius 2 is 2.12 bits per heavy atom.